The lowest BCUT2D eigenvalue weighted by molar-refractivity contribution is 1.16. The Morgan fingerprint density at radius 1 is 0.510 bits per heavy atom. The third-order valence-electron chi connectivity index (χ3n) is 9.76. The van der Waals surface area contributed by atoms with Crippen LogP contribution in [-0.2, 0) is 0 Å². The monoisotopic (exact) mass is 640 g/mol. The molecule has 0 fully saturated rings. The molecule has 0 aliphatic rings. The van der Waals surface area contributed by atoms with Gasteiger partial charge in [-0.3, -0.25) is 0 Å². The van der Waals surface area contributed by atoms with Gasteiger partial charge in [-0.15, -0.1) is 11.3 Å². The van der Waals surface area contributed by atoms with Crippen molar-refractivity contribution in [3.63, 3.8) is 0 Å². The van der Waals surface area contributed by atoms with Crippen LogP contribution in [0.4, 0.5) is 5.69 Å². The summed E-state index contributed by atoms with van der Waals surface area (Å²) in [6.07, 6.45) is 0. The molecule has 3 aromatic heterocycles. The number of thiophene rings is 1. The summed E-state index contributed by atoms with van der Waals surface area (Å²) in [4.78, 5) is 3.76. The Morgan fingerprint density at radius 2 is 1.10 bits per heavy atom. The SMILES string of the molecule is [C-]#[N+]c1ccc2sc3ccc4c(c5ccccc5n4-c4ccccc4-c4ccccc4-n4c5ccccc5c5cc(C#N)ccc54)c3c2c1. The van der Waals surface area contributed by atoms with Crippen molar-refractivity contribution in [1.29, 1.82) is 5.26 Å². The molecule has 0 atom stereocenters. The molecule has 0 amide bonds. The van der Waals surface area contributed by atoms with Gasteiger partial charge in [0.1, 0.15) is 0 Å². The molecule has 10 aromatic rings. The molecule has 0 aliphatic heterocycles. The van der Waals surface area contributed by atoms with Crippen molar-refractivity contribution in [2.45, 2.75) is 0 Å². The molecular weight excluding hydrogens is 617 g/mol. The summed E-state index contributed by atoms with van der Waals surface area (Å²) in [5.74, 6) is 0. The quantitative estimate of drug-likeness (QED) is 0.177. The van der Waals surface area contributed by atoms with Crippen molar-refractivity contribution in [2.24, 2.45) is 0 Å². The number of para-hydroxylation sites is 4. The van der Waals surface area contributed by atoms with E-state index in [9.17, 15) is 5.26 Å². The molecule has 0 saturated carbocycles. The van der Waals surface area contributed by atoms with Crippen LogP contribution in [-0.4, -0.2) is 9.13 Å². The molecule has 0 radical (unpaired) electrons. The second-order valence-corrected chi connectivity index (χ2v) is 13.4. The van der Waals surface area contributed by atoms with Crippen LogP contribution in [0.3, 0.4) is 0 Å². The second kappa shape index (κ2) is 10.4. The first-order valence-electron chi connectivity index (χ1n) is 16.1. The lowest BCUT2D eigenvalue weighted by atomic mass is 10.0. The van der Waals surface area contributed by atoms with Gasteiger partial charge in [0.25, 0.3) is 0 Å². The predicted molar refractivity (Wildman–Crippen MR) is 204 cm³/mol. The first kappa shape index (κ1) is 27.5. The van der Waals surface area contributed by atoms with Gasteiger partial charge in [-0.1, -0.05) is 84.9 Å². The number of fused-ring (bicyclic) bond motifs is 10. The van der Waals surface area contributed by atoms with Gasteiger partial charge in [0.05, 0.1) is 51.6 Å². The maximum absolute atomic E-state index is 9.71. The molecule has 4 nitrogen and oxygen atoms in total. The molecule has 226 valence electrons. The third kappa shape index (κ3) is 3.88. The highest BCUT2D eigenvalue weighted by Crippen LogP contribution is 2.46. The minimum Gasteiger partial charge on any atom is -0.309 e. The maximum Gasteiger partial charge on any atom is 0.187 e. The number of nitrogens with zero attached hydrogens (tertiary/aromatic N) is 4. The largest absolute Gasteiger partial charge is 0.309 e. The van der Waals surface area contributed by atoms with Gasteiger partial charge in [0.15, 0.2) is 5.69 Å². The lowest BCUT2D eigenvalue weighted by Gasteiger charge is -2.18. The normalized spacial score (nSPS) is 11.6. The molecule has 5 heteroatoms. The summed E-state index contributed by atoms with van der Waals surface area (Å²) < 4.78 is 7.15. The van der Waals surface area contributed by atoms with Gasteiger partial charge >= 0.3 is 0 Å². The van der Waals surface area contributed by atoms with Gasteiger partial charge in [0, 0.05) is 47.5 Å². The Labute approximate surface area is 285 Å². The number of nitriles is 1. The summed E-state index contributed by atoms with van der Waals surface area (Å²) in [7, 11) is 0. The zero-order chi connectivity index (χ0) is 32.6. The fourth-order valence-corrected chi connectivity index (χ4v) is 8.83. The highest BCUT2D eigenvalue weighted by Gasteiger charge is 2.22. The van der Waals surface area contributed by atoms with Crippen molar-refractivity contribution < 1.29 is 0 Å². The van der Waals surface area contributed by atoms with E-state index < -0.39 is 0 Å². The number of benzene rings is 7. The summed E-state index contributed by atoms with van der Waals surface area (Å²) in [5, 5.41) is 16.6. The number of hydrogen-bond acceptors (Lipinski definition) is 2. The molecule has 0 N–H and O–H groups in total. The average Bonchev–Trinajstić information content (AvgIpc) is 3.81. The zero-order valence-electron chi connectivity index (χ0n) is 26.1. The molecule has 0 unspecified atom stereocenters. The number of hydrogen-bond donors (Lipinski definition) is 0. The minimum absolute atomic E-state index is 0.651. The van der Waals surface area contributed by atoms with Crippen LogP contribution in [0.1, 0.15) is 5.56 Å². The first-order valence-corrected chi connectivity index (χ1v) is 16.9. The van der Waals surface area contributed by atoms with E-state index in [2.05, 4.69) is 141 Å². The number of aromatic nitrogens is 2. The fourth-order valence-electron chi connectivity index (χ4n) is 7.74. The van der Waals surface area contributed by atoms with Crippen molar-refractivity contribution in [1.82, 2.24) is 9.13 Å². The van der Waals surface area contributed by atoms with Crippen molar-refractivity contribution in [3.05, 3.63) is 163 Å². The summed E-state index contributed by atoms with van der Waals surface area (Å²) in [5.41, 5.74) is 10.1. The minimum atomic E-state index is 0.651. The van der Waals surface area contributed by atoms with Crippen LogP contribution in [0.2, 0.25) is 0 Å². The highest BCUT2D eigenvalue weighted by molar-refractivity contribution is 7.26. The highest BCUT2D eigenvalue weighted by atomic mass is 32.1. The summed E-state index contributed by atoms with van der Waals surface area (Å²) in [6, 6.07) is 53.2. The Morgan fingerprint density at radius 3 is 1.84 bits per heavy atom. The van der Waals surface area contributed by atoms with Crippen LogP contribution < -0.4 is 0 Å². The van der Waals surface area contributed by atoms with E-state index in [0.29, 0.717) is 11.3 Å². The van der Waals surface area contributed by atoms with Crippen LogP contribution in [0, 0.1) is 17.9 Å². The second-order valence-electron chi connectivity index (χ2n) is 12.3. The van der Waals surface area contributed by atoms with E-state index in [1.165, 1.54) is 25.6 Å². The smallest absolute Gasteiger partial charge is 0.187 e. The van der Waals surface area contributed by atoms with Crippen molar-refractivity contribution in [2.75, 3.05) is 0 Å². The van der Waals surface area contributed by atoms with Gasteiger partial charge < -0.3 is 9.13 Å². The Hall–Kier alpha value is -6.66. The van der Waals surface area contributed by atoms with E-state index in [1.54, 1.807) is 11.3 Å². The molecule has 10 rings (SSSR count). The molecule has 0 aliphatic carbocycles. The van der Waals surface area contributed by atoms with E-state index in [1.807, 2.05) is 24.3 Å². The Bertz CT molecular complexity index is 3090. The van der Waals surface area contributed by atoms with E-state index in [-0.39, 0.29) is 0 Å². The Balaban J connectivity index is 1.29. The lowest BCUT2D eigenvalue weighted by Crippen LogP contribution is -2.01. The van der Waals surface area contributed by atoms with Crippen molar-refractivity contribution in [3.8, 4) is 28.6 Å². The van der Waals surface area contributed by atoms with Gasteiger partial charge in [-0.25, -0.2) is 4.85 Å². The fraction of sp³-hybridized carbons (Fsp3) is 0. The number of rotatable bonds is 3. The molecule has 0 spiro atoms. The van der Waals surface area contributed by atoms with Crippen LogP contribution in [0.5, 0.6) is 0 Å². The van der Waals surface area contributed by atoms with Crippen LogP contribution in [0.25, 0.3) is 91.1 Å². The molecule has 49 heavy (non-hydrogen) atoms. The molecule has 7 aromatic carbocycles. The zero-order valence-corrected chi connectivity index (χ0v) is 26.9. The topological polar surface area (TPSA) is 38.0 Å². The van der Waals surface area contributed by atoms with Crippen LogP contribution >= 0.6 is 11.3 Å². The predicted octanol–water partition coefficient (Wildman–Crippen LogP) is 12.3. The average molecular weight is 641 g/mol. The van der Waals surface area contributed by atoms with Gasteiger partial charge in [-0.2, -0.15) is 5.26 Å². The van der Waals surface area contributed by atoms with Gasteiger partial charge in [-0.05, 0) is 66.0 Å². The third-order valence-corrected chi connectivity index (χ3v) is 10.9. The maximum atomic E-state index is 9.71. The van der Waals surface area contributed by atoms with Gasteiger partial charge in [0.2, 0.25) is 0 Å². The van der Waals surface area contributed by atoms with E-state index in [0.717, 1.165) is 60.7 Å². The molecule has 0 saturated heterocycles. The molecule has 0 bridgehead atoms. The standard InChI is InChI=1S/C44H24N4S/c1-46-28-19-22-41-34(25-28)44-42(49-41)23-21-40-43(44)32-13-5-9-17-38(32)48(40)36-15-7-3-11-30(36)29-10-2-6-14-35(29)47-37-16-8-4-12-31(37)33-24-27(26-45)18-20-39(33)47/h2-25H. The summed E-state index contributed by atoms with van der Waals surface area (Å²) >= 11 is 1.78. The first-order chi connectivity index (χ1) is 24.2. The molecule has 3 heterocycles. The van der Waals surface area contributed by atoms with E-state index in [4.69, 9.17) is 6.57 Å². The molecular formula is C44H24N4S. The Kier molecular flexibility index (Phi) is 5.84. The van der Waals surface area contributed by atoms with Crippen molar-refractivity contribution >= 4 is 80.8 Å². The summed E-state index contributed by atoms with van der Waals surface area (Å²) in [6.45, 7) is 7.68. The van der Waals surface area contributed by atoms with Crippen LogP contribution in [0.15, 0.2) is 146 Å². The van der Waals surface area contributed by atoms with E-state index >= 15 is 0 Å².